The second kappa shape index (κ2) is 11.6. The normalized spacial score (nSPS) is 10.7. The number of esters is 1. The van der Waals surface area contributed by atoms with Crippen molar-refractivity contribution in [3.05, 3.63) is 64.1 Å². The van der Waals surface area contributed by atoms with Crippen LogP contribution in [0.1, 0.15) is 41.0 Å². The zero-order chi connectivity index (χ0) is 20.4. The molecule has 0 amide bonds. The lowest BCUT2D eigenvalue weighted by molar-refractivity contribution is 0.0466. The molecule has 0 aliphatic carbocycles. The SMILES string of the molecule is CCN(CC)CCOC(=O)c1ccc(NCCC(=O)c2ccc(Br)cc2)cc1. The molecular formula is C22H27BrN2O3. The van der Waals surface area contributed by atoms with Gasteiger partial charge in [0.15, 0.2) is 5.78 Å². The average Bonchev–Trinajstić information content (AvgIpc) is 2.72. The van der Waals surface area contributed by atoms with Gasteiger partial charge in [-0.15, -0.1) is 0 Å². The van der Waals surface area contributed by atoms with E-state index >= 15 is 0 Å². The number of hydrogen-bond donors (Lipinski definition) is 1. The van der Waals surface area contributed by atoms with Gasteiger partial charge >= 0.3 is 5.97 Å². The van der Waals surface area contributed by atoms with Crippen LogP contribution in [0.3, 0.4) is 0 Å². The Morgan fingerprint density at radius 3 is 2.18 bits per heavy atom. The quantitative estimate of drug-likeness (QED) is 0.402. The third-order valence-corrected chi connectivity index (χ3v) is 5.03. The molecule has 2 rings (SSSR count). The number of anilines is 1. The van der Waals surface area contributed by atoms with Gasteiger partial charge in [0.2, 0.25) is 0 Å². The molecule has 0 heterocycles. The van der Waals surface area contributed by atoms with Gasteiger partial charge in [-0.1, -0.05) is 41.9 Å². The first-order chi connectivity index (χ1) is 13.5. The predicted molar refractivity (Wildman–Crippen MR) is 116 cm³/mol. The molecule has 2 aromatic carbocycles. The summed E-state index contributed by atoms with van der Waals surface area (Å²) in [4.78, 5) is 26.5. The number of halogens is 1. The molecule has 0 aliphatic rings. The molecule has 0 aromatic heterocycles. The van der Waals surface area contributed by atoms with E-state index in [2.05, 4.69) is 40.0 Å². The van der Waals surface area contributed by atoms with Gasteiger partial charge in [-0.2, -0.15) is 0 Å². The fraction of sp³-hybridized carbons (Fsp3) is 0.364. The highest BCUT2D eigenvalue weighted by Crippen LogP contribution is 2.13. The maximum Gasteiger partial charge on any atom is 0.338 e. The van der Waals surface area contributed by atoms with Gasteiger partial charge in [-0.3, -0.25) is 4.79 Å². The van der Waals surface area contributed by atoms with E-state index in [9.17, 15) is 9.59 Å². The van der Waals surface area contributed by atoms with E-state index < -0.39 is 0 Å². The van der Waals surface area contributed by atoms with Gasteiger partial charge in [0.1, 0.15) is 6.61 Å². The highest BCUT2D eigenvalue weighted by atomic mass is 79.9. The molecule has 28 heavy (non-hydrogen) atoms. The van der Waals surface area contributed by atoms with Crippen molar-refractivity contribution >= 4 is 33.4 Å². The Morgan fingerprint density at radius 1 is 0.964 bits per heavy atom. The summed E-state index contributed by atoms with van der Waals surface area (Å²) in [5.74, 6) is -0.225. The van der Waals surface area contributed by atoms with Crippen molar-refractivity contribution in [3.8, 4) is 0 Å². The molecule has 2 aromatic rings. The molecule has 5 nitrogen and oxygen atoms in total. The number of ketones is 1. The van der Waals surface area contributed by atoms with Gasteiger partial charge < -0.3 is 15.0 Å². The smallest absolute Gasteiger partial charge is 0.338 e. The fourth-order valence-electron chi connectivity index (χ4n) is 2.72. The van der Waals surface area contributed by atoms with Crippen molar-refractivity contribution in [3.63, 3.8) is 0 Å². The van der Waals surface area contributed by atoms with Crippen molar-refractivity contribution in [2.75, 3.05) is 38.1 Å². The van der Waals surface area contributed by atoms with E-state index in [-0.39, 0.29) is 11.8 Å². The monoisotopic (exact) mass is 446 g/mol. The van der Waals surface area contributed by atoms with E-state index in [1.165, 1.54) is 0 Å². The summed E-state index contributed by atoms with van der Waals surface area (Å²) in [6.45, 7) is 7.72. The second-order valence-electron chi connectivity index (χ2n) is 6.35. The number of nitrogens with one attached hydrogen (secondary N) is 1. The zero-order valence-corrected chi connectivity index (χ0v) is 18.0. The summed E-state index contributed by atoms with van der Waals surface area (Å²) in [6, 6.07) is 14.5. The Morgan fingerprint density at radius 2 is 1.57 bits per heavy atom. The van der Waals surface area contributed by atoms with Crippen LogP contribution in [0.5, 0.6) is 0 Å². The molecule has 150 valence electrons. The molecule has 0 radical (unpaired) electrons. The van der Waals surface area contributed by atoms with Crippen LogP contribution in [0.25, 0.3) is 0 Å². The van der Waals surface area contributed by atoms with E-state index in [0.717, 1.165) is 29.8 Å². The Hall–Kier alpha value is -2.18. The minimum absolute atomic E-state index is 0.0911. The van der Waals surface area contributed by atoms with E-state index in [1.807, 2.05) is 36.4 Å². The first-order valence-corrected chi connectivity index (χ1v) is 10.3. The minimum atomic E-state index is -0.316. The molecule has 0 spiro atoms. The Kier molecular flexibility index (Phi) is 9.17. The molecule has 1 N–H and O–H groups in total. The minimum Gasteiger partial charge on any atom is -0.461 e. The van der Waals surface area contributed by atoms with Crippen LogP contribution in [0.4, 0.5) is 5.69 Å². The van der Waals surface area contributed by atoms with Gasteiger partial charge in [0, 0.05) is 35.2 Å². The number of nitrogens with zero attached hydrogens (tertiary/aromatic N) is 1. The Balaban J connectivity index is 1.75. The van der Waals surface area contributed by atoms with Gasteiger partial charge in [-0.25, -0.2) is 4.79 Å². The third-order valence-electron chi connectivity index (χ3n) is 4.50. The first kappa shape index (κ1) is 22.1. The summed E-state index contributed by atoms with van der Waals surface area (Å²) in [7, 11) is 0. The van der Waals surface area contributed by atoms with Gasteiger partial charge in [-0.05, 0) is 49.5 Å². The lowest BCUT2D eigenvalue weighted by Gasteiger charge is -2.17. The molecule has 0 saturated carbocycles. The van der Waals surface area contributed by atoms with Crippen molar-refractivity contribution in [2.24, 2.45) is 0 Å². The lowest BCUT2D eigenvalue weighted by atomic mass is 10.1. The highest BCUT2D eigenvalue weighted by molar-refractivity contribution is 9.10. The zero-order valence-electron chi connectivity index (χ0n) is 16.4. The third kappa shape index (κ3) is 7.09. The molecule has 0 bridgehead atoms. The number of likely N-dealkylation sites (N-methyl/N-ethyl adjacent to an activating group) is 1. The van der Waals surface area contributed by atoms with Crippen molar-refractivity contribution in [1.29, 1.82) is 0 Å². The van der Waals surface area contributed by atoms with E-state index in [0.29, 0.717) is 30.7 Å². The largest absolute Gasteiger partial charge is 0.461 e. The summed E-state index contributed by atoms with van der Waals surface area (Å²) in [6.07, 6.45) is 0.400. The summed E-state index contributed by atoms with van der Waals surface area (Å²) in [5.41, 5.74) is 2.09. The van der Waals surface area contributed by atoms with Crippen LogP contribution < -0.4 is 5.32 Å². The second-order valence-corrected chi connectivity index (χ2v) is 7.26. The average molecular weight is 447 g/mol. The van der Waals surface area contributed by atoms with E-state index in [1.54, 1.807) is 12.1 Å². The fourth-order valence-corrected chi connectivity index (χ4v) is 2.98. The number of carbonyl (C=O) groups is 2. The van der Waals surface area contributed by atoms with Crippen LogP contribution in [-0.2, 0) is 4.74 Å². The highest BCUT2D eigenvalue weighted by Gasteiger charge is 2.09. The summed E-state index contributed by atoms with van der Waals surface area (Å²) in [5, 5.41) is 3.21. The molecule has 0 aliphatic heterocycles. The maximum absolute atomic E-state index is 12.2. The molecular weight excluding hydrogens is 420 g/mol. The summed E-state index contributed by atoms with van der Waals surface area (Å²) < 4.78 is 6.28. The first-order valence-electron chi connectivity index (χ1n) is 9.55. The lowest BCUT2D eigenvalue weighted by Crippen LogP contribution is -2.27. The van der Waals surface area contributed by atoms with E-state index in [4.69, 9.17) is 4.74 Å². The molecule has 0 unspecified atom stereocenters. The van der Waals surface area contributed by atoms with Crippen LogP contribution in [0.2, 0.25) is 0 Å². The number of ether oxygens (including phenoxy) is 1. The van der Waals surface area contributed by atoms with Crippen LogP contribution in [0, 0.1) is 0 Å². The number of benzene rings is 2. The van der Waals surface area contributed by atoms with Crippen molar-refractivity contribution in [1.82, 2.24) is 4.90 Å². The molecule has 6 heteroatoms. The standard InChI is InChI=1S/C22H27BrN2O3/c1-3-25(4-2)15-16-28-22(27)18-7-11-20(12-8-18)24-14-13-21(26)17-5-9-19(23)10-6-17/h5-12,24H,3-4,13-16H2,1-2H3. The van der Waals surface area contributed by atoms with Crippen molar-refractivity contribution < 1.29 is 14.3 Å². The maximum atomic E-state index is 12.2. The van der Waals surface area contributed by atoms with Crippen LogP contribution in [0.15, 0.2) is 53.0 Å². The number of Topliss-reactive ketones (excluding diaryl/α,β-unsaturated/α-hetero) is 1. The Labute approximate surface area is 175 Å². The molecule has 0 atom stereocenters. The van der Waals surface area contributed by atoms with Crippen molar-refractivity contribution in [2.45, 2.75) is 20.3 Å². The van der Waals surface area contributed by atoms with Crippen LogP contribution >= 0.6 is 15.9 Å². The molecule has 0 saturated heterocycles. The predicted octanol–water partition coefficient (Wildman–Crippen LogP) is 4.63. The number of rotatable bonds is 11. The topological polar surface area (TPSA) is 58.6 Å². The number of hydrogen-bond acceptors (Lipinski definition) is 5. The number of carbonyl (C=O) groups excluding carboxylic acids is 2. The Bertz CT molecular complexity index is 756. The van der Waals surface area contributed by atoms with Gasteiger partial charge in [0.05, 0.1) is 5.56 Å². The molecule has 0 fully saturated rings. The van der Waals surface area contributed by atoms with Crippen LogP contribution in [-0.4, -0.2) is 49.4 Å². The van der Waals surface area contributed by atoms with Gasteiger partial charge in [0.25, 0.3) is 0 Å². The summed E-state index contributed by atoms with van der Waals surface area (Å²) >= 11 is 3.36.